The largest absolute Gasteiger partial charge is 0.319 e. The standard InChI is InChI=1S/C17H12ClFN6O/c18-14-7-11(19)5-6-13(14)17(26)21-12-8-20-24(9-12)10-25-16-4-2-1-3-15(16)22-23-25/h1-9H,10H2,(H,21,26). The third kappa shape index (κ3) is 3.14. The number of fused-ring (bicyclic) bond motifs is 1. The van der Waals surface area contributed by atoms with Crippen molar-refractivity contribution in [1.82, 2.24) is 24.8 Å². The maximum atomic E-state index is 13.1. The number of hydrogen-bond donors (Lipinski definition) is 1. The summed E-state index contributed by atoms with van der Waals surface area (Å²) in [5.74, 6) is -0.944. The summed E-state index contributed by atoms with van der Waals surface area (Å²) in [5.41, 5.74) is 2.34. The van der Waals surface area contributed by atoms with Crippen molar-refractivity contribution < 1.29 is 9.18 Å². The fourth-order valence-electron chi connectivity index (χ4n) is 2.54. The number of aromatic nitrogens is 5. The van der Waals surface area contributed by atoms with Crippen molar-refractivity contribution >= 4 is 34.2 Å². The molecular formula is C17H12ClFN6O. The Kier molecular flexibility index (Phi) is 4.10. The Morgan fingerprint density at radius 1 is 1.23 bits per heavy atom. The molecule has 130 valence electrons. The summed E-state index contributed by atoms with van der Waals surface area (Å²) in [5, 5.41) is 15.1. The normalized spacial score (nSPS) is 11.0. The van der Waals surface area contributed by atoms with E-state index in [1.807, 2.05) is 24.3 Å². The molecule has 9 heteroatoms. The summed E-state index contributed by atoms with van der Waals surface area (Å²) in [7, 11) is 0. The number of carbonyl (C=O) groups excluding carboxylic acids is 1. The van der Waals surface area contributed by atoms with E-state index in [9.17, 15) is 9.18 Å². The first-order valence-corrected chi connectivity index (χ1v) is 8.05. The van der Waals surface area contributed by atoms with Crippen molar-refractivity contribution in [2.75, 3.05) is 5.32 Å². The van der Waals surface area contributed by atoms with Crippen LogP contribution in [-0.2, 0) is 6.67 Å². The highest BCUT2D eigenvalue weighted by molar-refractivity contribution is 6.34. The van der Waals surface area contributed by atoms with Crippen molar-refractivity contribution in [1.29, 1.82) is 0 Å². The maximum Gasteiger partial charge on any atom is 0.257 e. The van der Waals surface area contributed by atoms with Gasteiger partial charge in [-0.3, -0.25) is 4.79 Å². The molecule has 2 aromatic heterocycles. The molecule has 0 bridgehead atoms. The Balaban J connectivity index is 1.50. The van der Waals surface area contributed by atoms with Crippen LogP contribution < -0.4 is 5.32 Å². The van der Waals surface area contributed by atoms with E-state index in [1.54, 1.807) is 15.6 Å². The minimum Gasteiger partial charge on any atom is -0.319 e. The van der Waals surface area contributed by atoms with Crippen LogP contribution in [-0.4, -0.2) is 30.7 Å². The van der Waals surface area contributed by atoms with Crippen LogP contribution in [0.5, 0.6) is 0 Å². The Morgan fingerprint density at radius 2 is 2.08 bits per heavy atom. The lowest BCUT2D eigenvalue weighted by molar-refractivity contribution is 0.102. The van der Waals surface area contributed by atoms with Crippen LogP contribution in [0.4, 0.5) is 10.1 Å². The number of amides is 1. The molecule has 0 saturated heterocycles. The highest BCUT2D eigenvalue weighted by atomic mass is 35.5. The van der Waals surface area contributed by atoms with E-state index in [0.717, 1.165) is 17.1 Å². The van der Waals surface area contributed by atoms with Crippen molar-refractivity contribution in [3.05, 3.63) is 71.3 Å². The minimum absolute atomic E-state index is 0.0453. The van der Waals surface area contributed by atoms with Gasteiger partial charge in [0.05, 0.1) is 34.2 Å². The molecule has 2 heterocycles. The van der Waals surface area contributed by atoms with E-state index in [0.29, 0.717) is 12.4 Å². The van der Waals surface area contributed by atoms with Crippen LogP contribution >= 0.6 is 11.6 Å². The third-order valence-corrected chi connectivity index (χ3v) is 4.08. The first-order chi connectivity index (χ1) is 12.6. The van der Waals surface area contributed by atoms with E-state index in [4.69, 9.17) is 11.6 Å². The zero-order valence-electron chi connectivity index (χ0n) is 13.3. The fourth-order valence-corrected chi connectivity index (χ4v) is 2.79. The Bertz CT molecular complexity index is 1110. The van der Waals surface area contributed by atoms with Gasteiger partial charge in [-0.15, -0.1) is 5.10 Å². The zero-order chi connectivity index (χ0) is 18.1. The molecule has 0 aliphatic rings. The summed E-state index contributed by atoms with van der Waals surface area (Å²) in [6.07, 6.45) is 3.17. The highest BCUT2D eigenvalue weighted by Gasteiger charge is 2.12. The smallest absolute Gasteiger partial charge is 0.257 e. The van der Waals surface area contributed by atoms with Crippen molar-refractivity contribution in [3.8, 4) is 0 Å². The number of rotatable bonds is 4. The second-order valence-corrected chi connectivity index (χ2v) is 5.97. The second-order valence-electron chi connectivity index (χ2n) is 5.57. The fraction of sp³-hybridized carbons (Fsp3) is 0.0588. The predicted molar refractivity (Wildman–Crippen MR) is 94.5 cm³/mol. The van der Waals surface area contributed by atoms with Gasteiger partial charge in [-0.1, -0.05) is 28.9 Å². The van der Waals surface area contributed by atoms with Gasteiger partial charge < -0.3 is 5.32 Å². The van der Waals surface area contributed by atoms with Crippen LogP contribution in [0, 0.1) is 5.82 Å². The number of halogens is 2. The molecule has 4 aromatic rings. The van der Waals surface area contributed by atoms with E-state index in [2.05, 4.69) is 20.7 Å². The third-order valence-electron chi connectivity index (χ3n) is 3.77. The molecule has 0 fully saturated rings. The molecule has 26 heavy (non-hydrogen) atoms. The van der Waals surface area contributed by atoms with E-state index >= 15 is 0 Å². The average molecular weight is 371 g/mol. The molecule has 2 aromatic carbocycles. The topological polar surface area (TPSA) is 77.6 Å². The molecule has 0 unspecified atom stereocenters. The van der Waals surface area contributed by atoms with Gasteiger partial charge in [-0.25, -0.2) is 13.8 Å². The second kappa shape index (κ2) is 6.57. The Morgan fingerprint density at radius 3 is 2.92 bits per heavy atom. The van der Waals surface area contributed by atoms with Gasteiger partial charge in [0.1, 0.15) is 18.0 Å². The Hall–Kier alpha value is -3.26. The monoisotopic (exact) mass is 370 g/mol. The van der Waals surface area contributed by atoms with Crippen molar-refractivity contribution in [2.24, 2.45) is 0 Å². The van der Waals surface area contributed by atoms with E-state index in [-0.39, 0.29) is 10.6 Å². The van der Waals surface area contributed by atoms with Crippen molar-refractivity contribution in [2.45, 2.75) is 6.67 Å². The summed E-state index contributed by atoms with van der Waals surface area (Å²) in [6, 6.07) is 11.2. The summed E-state index contributed by atoms with van der Waals surface area (Å²) in [4.78, 5) is 12.3. The van der Waals surface area contributed by atoms with Gasteiger partial charge in [0.2, 0.25) is 0 Å². The molecule has 0 radical (unpaired) electrons. The SMILES string of the molecule is O=C(Nc1cnn(Cn2nnc3ccccc32)c1)c1ccc(F)cc1Cl. The summed E-state index contributed by atoms with van der Waals surface area (Å²) >= 11 is 5.91. The van der Waals surface area contributed by atoms with Crippen LogP contribution in [0.25, 0.3) is 11.0 Å². The highest BCUT2D eigenvalue weighted by Crippen LogP contribution is 2.19. The number of anilines is 1. The molecule has 0 aliphatic carbocycles. The number of hydrogen-bond acceptors (Lipinski definition) is 4. The van der Waals surface area contributed by atoms with Gasteiger partial charge in [0.15, 0.2) is 0 Å². The molecule has 1 amide bonds. The predicted octanol–water partition coefficient (Wildman–Crippen LogP) is 3.18. The lowest BCUT2D eigenvalue weighted by Crippen LogP contribution is -2.12. The molecule has 4 rings (SSSR count). The maximum absolute atomic E-state index is 13.1. The summed E-state index contributed by atoms with van der Waals surface area (Å²) < 4.78 is 16.4. The van der Waals surface area contributed by atoms with Crippen LogP contribution in [0.1, 0.15) is 10.4 Å². The van der Waals surface area contributed by atoms with Crippen LogP contribution in [0.3, 0.4) is 0 Å². The van der Waals surface area contributed by atoms with Crippen LogP contribution in [0.15, 0.2) is 54.9 Å². The van der Waals surface area contributed by atoms with Gasteiger partial charge in [0, 0.05) is 0 Å². The molecule has 1 N–H and O–H groups in total. The van der Waals surface area contributed by atoms with Gasteiger partial charge >= 0.3 is 0 Å². The van der Waals surface area contributed by atoms with Gasteiger partial charge in [-0.05, 0) is 30.3 Å². The molecule has 0 atom stereocenters. The first-order valence-electron chi connectivity index (χ1n) is 7.67. The van der Waals surface area contributed by atoms with Crippen LogP contribution in [0.2, 0.25) is 5.02 Å². The molecular weight excluding hydrogens is 359 g/mol. The van der Waals surface area contributed by atoms with Gasteiger partial charge in [0.25, 0.3) is 5.91 Å². The zero-order valence-corrected chi connectivity index (χ0v) is 14.1. The average Bonchev–Trinajstić information content (AvgIpc) is 3.22. The van der Waals surface area contributed by atoms with E-state index in [1.165, 1.54) is 18.3 Å². The van der Waals surface area contributed by atoms with Crippen molar-refractivity contribution in [3.63, 3.8) is 0 Å². The molecule has 7 nitrogen and oxygen atoms in total. The van der Waals surface area contributed by atoms with Gasteiger partial charge in [-0.2, -0.15) is 5.10 Å². The lowest BCUT2D eigenvalue weighted by atomic mass is 10.2. The quantitative estimate of drug-likeness (QED) is 0.598. The summed E-state index contributed by atoms with van der Waals surface area (Å²) in [6.45, 7) is 0.341. The number of carbonyl (C=O) groups is 1. The molecule has 0 spiro atoms. The number of para-hydroxylation sites is 1. The van der Waals surface area contributed by atoms with E-state index < -0.39 is 11.7 Å². The number of benzene rings is 2. The Labute approximate surface area is 152 Å². The minimum atomic E-state index is -0.501. The lowest BCUT2D eigenvalue weighted by Gasteiger charge is -2.05. The molecule has 0 saturated carbocycles. The number of nitrogens with one attached hydrogen (secondary N) is 1. The first kappa shape index (κ1) is 16.2. The number of nitrogens with zero attached hydrogens (tertiary/aromatic N) is 5. The molecule has 0 aliphatic heterocycles.